The van der Waals surface area contributed by atoms with Gasteiger partial charge in [-0.2, -0.15) is 5.26 Å². The van der Waals surface area contributed by atoms with E-state index in [0.717, 1.165) is 55.3 Å². The van der Waals surface area contributed by atoms with Gasteiger partial charge in [0.25, 0.3) is 5.91 Å². The van der Waals surface area contributed by atoms with E-state index in [2.05, 4.69) is 11.4 Å². The Morgan fingerprint density at radius 1 is 1.10 bits per heavy atom. The molecule has 0 aromatic heterocycles. The average molecular weight is 404 g/mol. The van der Waals surface area contributed by atoms with Gasteiger partial charge >= 0.3 is 0 Å². The third-order valence-electron chi connectivity index (χ3n) is 6.12. The molecule has 1 N–H and O–H groups in total. The Hall–Kier alpha value is -3.13. The van der Waals surface area contributed by atoms with E-state index >= 15 is 0 Å². The van der Waals surface area contributed by atoms with E-state index in [0.29, 0.717) is 12.0 Å². The van der Waals surface area contributed by atoms with Crippen molar-refractivity contribution in [3.05, 3.63) is 54.1 Å². The third kappa shape index (κ3) is 4.38. The highest BCUT2D eigenvalue weighted by molar-refractivity contribution is 6.02. The van der Waals surface area contributed by atoms with Gasteiger partial charge < -0.3 is 4.90 Å². The van der Waals surface area contributed by atoms with Crippen LogP contribution in [0.2, 0.25) is 0 Å². The summed E-state index contributed by atoms with van der Waals surface area (Å²) in [6.07, 6.45) is 5.49. The van der Waals surface area contributed by atoms with Crippen LogP contribution < -0.4 is 10.2 Å². The molecule has 1 aliphatic carbocycles. The predicted octanol–water partition coefficient (Wildman–Crippen LogP) is 4.81. The maximum absolute atomic E-state index is 13.1. The Bertz CT molecular complexity index is 938. The van der Waals surface area contributed by atoms with E-state index in [1.807, 2.05) is 67.4 Å². The molecule has 0 unspecified atom stereocenters. The van der Waals surface area contributed by atoms with Crippen LogP contribution in [-0.4, -0.2) is 24.4 Å². The number of nitriles is 1. The normalized spacial score (nSPS) is 14.7. The van der Waals surface area contributed by atoms with Gasteiger partial charge in [0.1, 0.15) is 5.54 Å². The van der Waals surface area contributed by atoms with Crippen LogP contribution in [0.3, 0.4) is 0 Å². The number of carbonyl (C=O) groups is 2. The summed E-state index contributed by atoms with van der Waals surface area (Å²) in [5.74, 6) is -0.382. The molecule has 0 spiro atoms. The molecule has 1 saturated carbocycles. The number of amides is 2. The molecular formula is C25H29N3O2. The maximum atomic E-state index is 13.1. The van der Waals surface area contributed by atoms with E-state index in [-0.39, 0.29) is 11.8 Å². The number of unbranched alkanes of at least 4 members (excludes halogenated alkanes) is 1. The van der Waals surface area contributed by atoms with Gasteiger partial charge in [0.15, 0.2) is 0 Å². The summed E-state index contributed by atoms with van der Waals surface area (Å²) in [5, 5.41) is 12.0. The number of benzene rings is 2. The van der Waals surface area contributed by atoms with Crippen molar-refractivity contribution in [1.29, 1.82) is 5.26 Å². The van der Waals surface area contributed by atoms with Crippen molar-refractivity contribution in [2.75, 3.05) is 11.9 Å². The highest BCUT2D eigenvalue weighted by Crippen LogP contribution is 2.38. The van der Waals surface area contributed by atoms with Crippen LogP contribution in [0.4, 0.5) is 5.69 Å². The molecule has 0 aliphatic heterocycles. The van der Waals surface area contributed by atoms with Crippen molar-refractivity contribution >= 4 is 17.5 Å². The smallest absolute Gasteiger partial charge is 0.252 e. The number of hydrogen-bond donors (Lipinski definition) is 1. The van der Waals surface area contributed by atoms with E-state index in [1.165, 1.54) is 0 Å². The van der Waals surface area contributed by atoms with E-state index < -0.39 is 5.54 Å². The Kier molecular flexibility index (Phi) is 6.89. The van der Waals surface area contributed by atoms with Crippen molar-refractivity contribution in [3.63, 3.8) is 0 Å². The molecule has 1 fully saturated rings. The largest absolute Gasteiger partial charge is 0.360 e. The first-order valence-electron chi connectivity index (χ1n) is 10.7. The number of rotatable bonds is 7. The molecule has 0 bridgehead atoms. The van der Waals surface area contributed by atoms with Crippen LogP contribution in [0.5, 0.6) is 0 Å². The highest BCUT2D eigenvalue weighted by atomic mass is 16.2. The van der Waals surface area contributed by atoms with Gasteiger partial charge in [-0.15, -0.1) is 0 Å². The molecule has 2 aromatic rings. The SMILES string of the molecule is CCCCC(=O)NC(=O)C1(N(C)c2ccc(-c3ccccc3C#N)cc2)CCCC1. The summed E-state index contributed by atoms with van der Waals surface area (Å²) >= 11 is 0. The number of nitrogens with one attached hydrogen (secondary N) is 1. The van der Waals surface area contributed by atoms with Gasteiger partial charge in [0, 0.05) is 19.2 Å². The van der Waals surface area contributed by atoms with Crippen LogP contribution in [0.1, 0.15) is 57.4 Å². The van der Waals surface area contributed by atoms with Crippen molar-refractivity contribution in [3.8, 4) is 17.2 Å². The lowest BCUT2D eigenvalue weighted by Gasteiger charge is -2.39. The Morgan fingerprint density at radius 2 is 1.77 bits per heavy atom. The minimum absolute atomic E-state index is 0.190. The first kappa shape index (κ1) is 21.6. The van der Waals surface area contributed by atoms with Crippen LogP contribution in [0.15, 0.2) is 48.5 Å². The molecule has 5 nitrogen and oxygen atoms in total. The molecule has 2 amide bonds. The second kappa shape index (κ2) is 9.58. The number of carbonyl (C=O) groups excluding carboxylic acids is 2. The van der Waals surface area contributed by atoms with Crippen LogP contribution in [0.25, 0.3) is 11.1 Å². The summed E-state index contributed by atoms with van der Waals surface area (Å²) in [7, 11) is 1.93. The van der Waals surface area contributed by atoms with Crippen LogP contribution in [0, 0.1) is 11.3 Å². The number of likely N-dealkylation sites (N-methyl/N-ethyl adjacent to an activating group) is 1. The molecule has 0 atom stereocenters. The fourth-order valence-corrected chi connectivity index (χ4v) is 4.26. The zero-order valence-corrected chi connectivity index (χ0v) is 17.8. The minimum Gasteiger partial charge on any atom is -0.360 e. The monoisotopic (exact) mass is 403 g/mol. The highest BCUT2D eigenvalue weighted by Gasteiger charge is 2.45. The van der Waals surface area contributed by atoms with Gasteiger partial charge in [-0.25, -0.2) is 0 Å². The van der Waals surface area contributed by atoms with E-state index in [1.54, 1.807) is 0 Å². The molecule has 3 rings (SSSR count). The molecule has 0 radical (unpaired) electrons. The number of imide groups is 1. The van der Waals surface area contributed by atoms with Crippen molar-refractivity contribution in [2.24, 2.45) is 0 Å². The quantitative estimate of drug-likeness (QED) is 0.720. The second-order valence-electron chi connectivity index (χ2n) is 7.98. The Balaban J connectivity index is 1.82. The zero-order chi connectivity index (χ0) is 21.6. The van der Waals surface area contributed by atoms with Gasteiger partial charge in [-0.1, -0.05) is 56.5 Å². The fourth-order valence-electron chi connectivity index (χ4n) is 4.26. The summed E-state index contributed by atoms with van der Waals surface area (Å²) < 4.78 is 0. The van der Waals surface area contributed by atoms with E-state index in [4.69, 9.17) is 0 Å². The molecular weight excluding hydrogens is 374 g/mol. The zero-order valence-electron chi connectivity index (χ0n) is 17.8. The molecule has 0 heterocycles. The van der Waals surface area contributed by atoms with E-state index in [9.17, 15) is 14.9 Å². The average Bonchev–Trinajstić information content (AvgIpc) is 3.28. The van der Waals surface area contributed by atoms with Crippen molar-refractivity contribution < 1.29 is 9.59 Å². The fraction of sp³-hybridized carbons (Fsp3) is 0.400. The lowest BCUT2D eigenvalue weighted by Crippen LogP contribution is -2.57. The predicted molar refractivity (Wildman–Crippen MR) is 119 cm³/mol. The van der Waals surface area contributed by atoms with Crippen molar-refractivity contribution in [1.82, 2.24) is 5.32 Å². The summed E-state index contributed by atoms with van der Waals surface area (Å²) in [6, 6.07) is 17.7. The maximum Gasteiger partial charge on any atom is 0.252 e. The van der Waals surface area contributed by atoms with Gasteiger partial charge in [0.05, 0.1) is 11.6 Å². The first-order chi connectivity index (χ1) is 14.5. The standard InChI is InChI=1S/C25H29N3O2/c1-3-4-11-23(29)27-24(30)25(16-7-8-17-25)28(2)21-14-12-19(13-15-21)22-10-6-5-9-20(22)18-26/h5-6,9-10,12-15H,3-4,7-8,11,16-17H2,1-2H3,(H,27,29,30). The number of hydrogen-bond acceptors (Lipinski definition) is 4. The summed E-state index contributed by atoms with van der Waals surface area (Å²) in [6.45, 7) is 2.03. The van der Waals surface area contributed by atoms with Gasteiger partial charge in [0.2, 0.25) is 5.91 Å². The minimum atomic E-state index is -0.700. The lowest BCUT2D eigenvalue weighted by molar-refractivity contribution is -0.133. The molecule has 1 aliphatic rings. The molecule has 5 heteroatoms. The topological polar surface area (TPSA) is 73.2 Å². The molecule has 156 valence electrons. The Morgan fingerprint density at radius 3 is 2.40 bits per heavy atom. The van der Waals surface area contributed by atoms with Gasteiger partial charge in [-0.05, 0) is 48.6 Å². The molecule has 30 heavy (non-hydrogen) atoms. The molecule has 0 saturated heterocycles. The summed E-state index contributed by atoms with van der Waals surface area (Å²) in [4.78, 5) is 27.3. The number of anilines is 1. The van der Waals surface area contributed by atoms with Crippen LogP contribution in [-0.2, 0) is 9.59 Å². The summed E-state index contributed by atoms with van der Waals surface area (Å²) in [5.41, 5.74) is 2.71. The third-order valence-corrected chi connectivity index (χ3v) is 6.12. The van der Waals surface area contributed by atoms with Crippen LogP contribution >= 0.6 is 0 Å². The first-order valence-corrected chi connectivity index (χ1v) is 10.7. The molecule has 2 aromatic carbocycles. The number of nitrogens with zero attached hydrogens (tertiary/aromatic N) is 2. The van der Waals surface area contributed by atoms with Crippen molar-refractivity contribution in [2.45, 2.75) is 57.4 Å². The second-order valence-corrected chi connectivity index (χ2v) is 7.98. The van der Waals surface area contributed by atoms with Gasteiger partial charge in [-0.3, -0.25) is 14.9 Å². The lowest BCUT2D eigenvalue weighted by atomic mass is 9.92. The Labute approximate surface area is 178 Å².